The van der Waals surface area contributed by atoms with Crippen molar-refractivity contribution in [2.45, 2.75) is 13.8 Å². The Morgan fingerprint density at radius 3 is 1.55 bits per heavy atom. The van der Waals surface area contributed by atoms with Crippen molar-refractivity contribution in [1.29, 1.82) is 0 Å². The van der Waals surface area contributed by atoms with E-state index in [0.29, 0.717) is 0 Å². The summed E-state index contributed by atoms with van der Waals surface area (Å²) in [5, 5.41) is 8.52. The van der Waals surface area contributed by atoms with Gasteiger partial charge in [-0.3, -0.25) is 9.97 Å². The first kappa shape index (κ1) is 12.5. The van der Waals surface area contributed by atoms with E-state index in [1.807, 2.05) is 62.1 Å². The molecule has 100 valence electrons. The van der Waals surface area contributed by atoms with Crippen molar-refractivity contribution in [3.63, 3.8) is 0 Å². The highest BCUT2D eigenvalue weighted by Gasteiger charge is 2.12. The van der Waals surface area contributed by atoms with Crippen LogP contribution in [0.1, 0.15) is 11.4 Å². The molecule has 0 radical (unpaired) electrons. The van der Waals surface area contributed by atoms with Crippen LogP contribution in [0.2, 0.25) is 0 Å². The second kappa shape index (κ2) is 4.85. The predicted octanol–water partition coefficient (Wildman–Crippen LogP) is 2.56. The van der Waals surface area contributed by atoms with Gasteiger partial charge in [0.25, 0.3) is 0 Å². The van der Waals surface area contributed by atoms with E-state index in [4.69, 9.17) is 0 Å². The molecule has 0 aliphatic heterocycles. The number of nitrogens with zero attached hydrogens (tertiary/aromatic N) is 5. The van der Waals surface area contributed by atoms with Gasteiger partial charge in [-0.25, -0.2) is 0 Å². The maximum Gasteiger partial charge on any atom is 0.165 e. The van der Waals surface area contributed by atoms with Gasteiger partial charge in [0.1, 0.15) is 0 Å². The Hall–Kier alpha value is -2.56. The van der Waals surface area contributed by atoms with Crippen LogP contribution in [0.25, 0.3) is 22.8 Å². The summed E-state index contributed by atoms with van der Waals surface area (Å²) >= 11 is 0. The molecule has 3 rings (SSSR count). The molecule has 3 aromatic heterocycles. The smallest absolute Gasteiger partial charge is 0.165 e. The minimum atomic E-state index is 0.799. The summed E-state index contributed by atoms with van der Waals surface area (Å²) in [6, 6.07) is 7.95. The van der Waals surface area contributed by atoms with Crippen LogP contribution in [0, 0.1) is 13.8 Å². The Bertz CT molecular complexity index is 663. The van der Waals surface area contributed by atoms with Crippen molar-refractivity contribution in [2.75, 3.05) is 0 Å². The lowest BCUT2D eigenvalue weighted by Crippen LogP contribution is -1.97. The van der Waals surface area contributed by atoms with Gasteiger partial charge in [-0.05, 0) is 38.1 Å². The van der Waals surface area contributed by atoms with E-state index in [1.54, 1.807) is 0 Å². The molecule has 0 aliphatic rings. The molecule has 5 heteroatoms. The highest BCUT2D eigenvalue weighted by atomic mass is 15.3. The number of hydrogen-bond donors (Lipinski definition) is 0. The Morgan fingerprint density at radius 1 is 0.750 bits per heavy atom. The summed E-state index contributed by atoms with van der Waals surface area (Å²) in [6.45, 7) is 3.92. The Balaban J connectivity index is 2.04. The monoisotopic (exact) mass is 265 g/mol. The first-order chi connectivity index (χ1) is 9.65. The van der Waals surface area contributed by atoms with Crippen molar-refractivity contribution >= 4 is 0 Å². The molecule has 0 aromatic carbocycles. The summed E-state index contributed by atoms with van der Waals surface area (Å²) in [6.07, 6.45) is 3.63. The third-order valence-corrected chi connectivity index (χ3v) is 3.21. The molecule has 20 heavy (non-hydrogen) atoms. The van der Waals surface area contributed by atoms with E-state index < -0.39 is 0 Å². The van der Waals surface area contributed by atoms with Crippen LogP contribution in [0.4, 0.5) is 0 Å². The standard InChI is InChI=1S/C15H15N5/c1-10-4-6-12(8-16-10)14-18-19-15(20(14)3)13-7-5-11(2)17-9-13/h4-9H,1-3H3. The Labute approximate surface area is 117 Å². The summed E-state index contributed by atoms with van der Waals surface area (Å²) in [5.41, 5.74) is 3.88. The van der Waals surface area contributed by atoms with Crippen LogP contribution in [-0.2, 0) is 7.05 Å². The number of pyridine rings is 2. The lowest BCUT2D eigenvalue weighted by Gasteiger charge is -2.04. The maximum absolute atomic E-state index is 4.30. The maximum atomic E-state index is 4.30. The minimum absolute atomic E-state index is 0.799. The minimum Gasteiger partial charge on any atom is -0.310 e. The molecule has 0 amide bonds. The average molecular weight is 265 g/mol. The van der Waals surface area contributed by atoms with Crippen LogP contribution in [-0.4, -0.2) is 24.7 Å². The molecule has 0 fully saturated rings. The molecule has 0 atom stereocenters. The van der Waals surface area contributed by atoms with E-state index in [0.717, 1.165) is 34.2 Å². The van der Waals surface area contributed by atoms with Gasteiger partial charge in [0.05, 0.1) is 0 Å². The van der Waals surface area contributed by atoms with Gasteiger partial charge in [0, 0.05) is 42.0 Å². The molecule has 0 spiro atoms. The highest BCUT2D eigenvalue weighted by Crippen LogP contribution is 2.22. The lowest BCUT2D eigenvalue weighted by atomic mass is 10.2. The van der Waals surface area contributed by atoms with Crippen molar-refractivity contribution in [3.05, 3.63) is 48.0 Å². The fraction of sp³-hybridized carbons (Fsp3) is 0.200. The molecule has 0 aliphatic carbocycles. The SMILES string of the molecule is Cc1ccc(-c2nnc(-c3ccc(C)nc3)n2C)cn1. The fourth-order valence-corrected chi connectivity index (χ4v) is 2.03. The predicted molar refractivity (Wildman–Crippen MR) is 76.9 cm³/mol. The van der Waals surface area contributed by atoms with E-state index in [1.165, 1.54) is 0 Å². The van der Waals surface area contributed by atoms with Crippen molar-refractivity contribution < 1.29 is 0 Å². The van der Waals surface area contributed by atoms with Crippen LogP contribution in [0.5, 0.6) is 0 Å². The second-order valence-electron chi connectivity index (χ2n) is 4.78. The summed E-state index contributed by atoms with van der Waals surface area (Å²) in [4.78, 5) is 8.59. The van der Waals surface area contributed by atoms with Gasteiger partial charge in [0.2, 0.25) is 0 Å². The van der Waals surface area contributed by atoms with Crippen molar-refractivity contribution in [2.24, 2.45) is 7.05 Å². The normalized spacial score (nSPS) is 10.8. The van der Waals surface area contributed by atoms with Crippen LogP contribution < -0.4 is 0 Å². The van der Waals surface area contributed by atoms with E-state index >= 15 is 0 Å². The quantitative estimate of drug-likeness (QED) is 0.714. The Kier molecular flexibility index (Phi) is 3.02. The molecular formula is C15H15N5. The molecule has 0 N–H and O–H groups in total. The third-order valence-electron chi connectivity index (χ3n) is 3.21. The largest absolute Gasteiger partial charge is 0.310 e. The molecule has 0 bridgehead atoms. The molecule has 3 heterocycles. The van der Waals surface area contributed by atoms with Crippen LogP contribution in [0.3, 0.4) is 0 Å². The van der Waals surface area contributed by atoms with Gasteiger partial charge >= 0.3 is 0 Å². The van der Waals surface area contributed by atoms with Crippen molar-refractivity contribution in [1.82, 2.24) is 24.7 Å². The zero-order valence-corrected chi connectivity index (χ0v) is 11.7. The molecule has 0 saturated heterocycles. The first-order valence-electron chi connectivity index (χ1n) is 6.40. The Morgan fingerprint density at radius 2 is 1.20 bits per heavy atom. The number of hydrogen-bond acceptors (Lipinski definition) is 4. The zero-order valence-electron chi connectivity index (χ0n) is 11.7. The second-order valence-corrected chi connectivity index (χ2v) is 4.78. The number of aryl methyl sites for hydroxylation is 2. The summed E-state index contributed by atoms with van der Waals surface area (Å²) in [7, 11) is 1.95. The molecule has 0 saturated carbocycles. The van der Waals surface area contributed by atoms with Gasteiger partial charge in [-0.2, -0.15) is 0 Å². The molecule has 0 unspecified atom stereocenters. The van der Waals surface area contributed by atoms with Crippen molar-refractivity contribution in [3.8, 4) is 22.8 Å². The van der Waals surface area contributed by atoms with E-state index in [9.17, 15) is 0 Å². The lowest BCUT2D eigenvalue weighted by molar-refractivity contribution is 0.926. The van der Waals surface area contributed by atoms with E-state index in [2.05, 4.69) is 20.2 Å². The molecular weight excluding hydrogens is 250 g/mol. The summed E-state index contributed by atoms with van der Waals surface area (Å²) < 4.78 is 1.96. The first-order valence-corrected chi connectivity index (χ1v) is 6.40. The van der Waals surface area contributed by atoms with Crippen LogP contribution in [0.15, 0.2) is 36.7 Å². The zero-order chi connectivity index (χ0) is 14.1. The number of aromatic nitrogens is 5. The van der Waals surface area contributed by atoms with Crippen LogP contribution >= 0.6 is 0 Å². The van der Waals surface area contributed by atoms with Gasteiger partial charge in [-0.1, -0.05) is 0 Å². The van der Waals surface area contributed by atoms with Gasteiger partial charge in [-0.15, -0.1) is 10.2 Å². The fourth-order valence-electron chi connectivity index (χ4n) is 2.03. The molecule has 3 aromatic rings. The molecule has 5 nitrogen and oxygen atoms in total. The highest BCUT2D eigenvalue weighted by molar-refractivity contribution is 5.61. The van der Waals surface area contributed by atoms with Gasteiger partial charge < -0.3 is 4.57 Å². The average Bonchev–Trinajstić information content (AvgIpc) is 2.83. The summed E-state index contributed by atoms with van der Waals surface area (Å²) in [5.74, 6) is 1.60. The van der Waals surface area contributed by atoms with E-state index in [-0.39, 0.29) is 0 Å². The number of rotatable bonds is 2. The third kappa shape index (κ3) is 2.18. The van der Waals surface area contributed by atoms with Gasteiger partial charge in [0.15, 0.2) is 11.6 Å². The topological polar surface area (TPSA) is 56.5 Å².